The van der Waals surface area contributed by atoms with Gasteiger partial charge in [-0.3, -0.25) is 4.79 Å². The number of halogens is 4. The highest BCUT2D eigenvalue weighted by atomic mass is 32.2. The second-order valence-electron chi connectivity index (χ2n) is 7.76. The van der Waals surface area contributed by atoms with Crippen LogP contribution < -0.4 is 15.5 Å². The Morgan fingerprint density at radius 3 is 2.59 bits per heavy atom. The van der Waals surface area contributed by atoms with Crippen molar-refractivity contribution in [2.75, 3.05) is 34.9 Å². The number of nitrogens with zero attached hydrogens (tertiary/aromatic N) is 1. The van der Waals surface area contributed by atoms with Gasteiger partial charge in [0.15, 0.2) is 9.84 Å². The molecular formula is C21H19F4N3O3S. The lowest BCUT2D eigenvalue weighted by Crippen LogP contribution is -2.27. The van der Waals surface area contributed by atoms with Crippen LogP contribution in [0.15, 0.2) is 42.6 Å². The predicted molar refractivity (Wildman–Crippen MR) is 114 cm³/mol. The molecule has 2 aromatic carbocycles. The molecule has 1 amide bonds. The molecule has 0 radical (unpaired) electrons. The molecule has 1 unspecified atom stereocenters. The lowest BCUT2D eigenvalue weighted by molar-refractivity contribution is -0.137. The number of rotatable bonds is 4. The van der Waals surface area contributed by atoms with E-state index in [-0.39, 0.29) is 42.1 Å². The van der Waals surface area contributed by atoms with E-state index in [2.05, 4.69) is 10.6 Å². The minimum absolute atomic E-state index is 0.00768. The number of hydrogen-bond acceptors (Lipinski definition) is 5. The Labute approximate surface area is 181 Å². The first-order valence-electron chi connectivity index (χ1n) is 9.66. The lowest BCUT2D eigenvalue weighted by atomic mass is 10.1. The van der Waals surface area contributed by atoms with Crippen LogP contribution in [0.25, 0.3) is 5.57 Å². The maximum absolute atomic E-state index is 13.8. The summed E-state index contributed by atoms with van der Waals surface area (Å²) in [5, 5.41) is 4.49. The number of alkyl halides is 3. The van der Waals surface area contributed by atoms with Gasteiger partial charge < -0.3 is 15.5 Å². The summed E-state index contributed by atoms with van der Waals surface area (Å²) < 4.78 is 78.2. The number of benzene rings is 2. The van der Waals surface area contributed by atoms with Gasteiger partial charge in [-0.2, -0.15) is 13.2 Å². The molecule has 0 spiro atoms. The van der Waals surface area contributed by atoms with Crippen molar-refractivity contribution in [3.63, 3.8) is 0 Å². The van der Waals surface area contributed by atoms with Crippen molar-refractivity contribution in [3.05, 3.63) is 59.5 Å². The number of amides is 1. The number of carbonyl (C=O) groups is 1. The first-order chi connectivity index (χ1) is 14.9. The summed E-state index contributed by atoms with van der Waals surface area (Å²) in [4.78, 5) is 13.6. The standard InChI is InChI=1S/C21H19F4N3O3S/c1-32(30,31)14-6-7-28(11-14)19-5-3-13(9-17(19)21(23,24)25)26-10-16-15-4-2-12(22)8-18(15)27-20(16)29/h2-5,8-10,14,26H,6-7,11H2,1H3,(H,27,29). The molecule has 2 aliphatic rings. The van der Waals surface area contributed by atoms with Crippen molar-refractivity contribution in [3.8, 4) is 0 Å². The molecule has 0 aromatic heterocycles. The monoisotopic (exact) mass is 469 g/mol. The summed E-state index contributed by atoms with van der Waals surface area (Å²) in [6, 6.07) is 7.37. The van der Waals surface area contributed by atoms with Crippen LogP contribution in [0.5, 0.6) is 0 Å². The fourth-order valence-electron chi connectivity index (χ4n) is 3.89. The predicted octanol–water partition coefficient (Wildman–Crippen LogP) is 3.87. The van der Waals surface area contributed by atoms with Gasteiger partial charge in [-0.05, 0) is 42.8 Å². The molecule has 6 nitrogen and oxygen atoms in total. The van der Waals surface area contributed by atoms with E-state index < -0.39 is 38.6 Å². The molecule has 0 saturated carbocycles. The van der Waals surface area contributed by atoms with Crippen molar-refractivity contribution in [1.29, 1.82) is 0 Å². The van der Waals surface area contributed by atoms with Gasteiger partial charge in [0, 0.05) is 42.5 Å². The lowest BCUT2D eigenvalue weighted by Gasteiger charge is -2.24. The zero-order valence-electron chi connectivity index (χ0n) is 16.8. The van der Waals surface area contributed by atoms with Gasteiger partial charge in [-0.15, -0.1) is 0 Å². The van der Waals surface area contributed by atoms with Gasteiger partial charge in [-0.1, -0.05) is 0 Å². The van der Waals surface area contributed by atoms with Gasteiger partial charge >= 0.3 is 6.18 Å². The van der Waals surface area contributed by atoms with Crippen LogP contribution in [0.1, 0.15) is 17.5 Å². The molecule has 2 aliphatic heterocycles. The molecule has 2 N–H and O–H groups in total. The Bertz CT molecular complexity index is 1230. The largest absolute Gasteiger partial charge is 0.418 e. The summed E-state index contributed by atoms with van der Waals surface area (Å²) >= 11 is 0. The second-order valence-corrected chi connectivity index (χ2v) is 10.1. The molecule has 32 heavy (non-hydrogen) atoms. The summed E-state index contributed by atoms with van der Waals surface area (Å²) in [5.41, 5.74) is -0.0389. The van der Waals surface area contributed by atoms with E-state index in [0.29, 0.717) is 5.56 Å². The van der Waals surface area contributed by atoms with Crippen LogP contribution in [0, 0.1) is 5.82 Å². The van der Waals surface area contributed by atoms with Crippen molar-refractivity contribution in [2.45, 2.75) is 17.8 Å². The minimum atomic E-state index is -4.67. The minimum Gasteiger partial charge on any atom is -0.370 e. The Balaban J connectivity index is 1.62. The van der Waals surface area contributed by atoms with E-state index in [9.17, 15) is 30.8 Å². The Kier molecular flexibility index (Phi) is 5.40. The number of sulfone groups is 1. The zero-order chi connectivity index (χ0) is 23.3. The molecular weight excluding hydrogens is 450 g/mol. The van der Waals surface area contributed by atoms with Crippen LogP contribution >= 0.6 is 0 Å². The average molecular weight is 469 g/mol. The van der Waals surface area contributed by atoms with Gasteiger partial charge in [0.2, 0.25) is 0 Å². The molecule has 1 fully saturated rings. The van der Waals surface area contributed by atoms with Crippen molar-refractivity contribution in [1.82, 2.24) is 0 Å². The third-order valence-corrected chi connectivity index (χ3v) is 7.14. The van der Waals surface area contributed by atoms with E-state index >= 15 is 0 Å². The normalized spacial score (nSPS) is 19.9. The second kappa shape index (κ2) is 7.80. The van der Waals surface area contributed by atoms with Gasteiger partial charge in [0.05, 0.1) is 22.1 Å². The summed E-state index contributed by atoms with van der Waals surface area (Å²) in [5.74, 6) is -1.03. The number of fused-ring (bicyclic) bond motifs is 1. The molecule has 0 bridgehead atoms. The maximum atomic E-state index is 13.8. The van der Waals surface area contributed by atoms with Crippen molar-refractivity contribution in [2.24, 2.45) is 0 Å². The highest BCUT2D eigenvalue weighted by Gasteiger charge is 2.38. The van der Waals surface area contributed by atoms with E-state index in [1.807, 2.05) is 0 Å². The molecule has 2 heterocycles. The van der Waals surface area contributed by atoms with Gasteiger partial charge in [0.1, 0.15) is 5.82 Å². The van der Waals surface area contributed by atoms with E-state index in [0.717, 1.165) is 18.4 Å². The molecule has 11 heteroatoms. The van der Waals surface area contributed by atoms with Crippen LogP contribution in [-0.2, 0) is 20.8 Å². The number of hydrogen-bond donors (Lipinski definition) is 2. The average Bonchev–Trinajstić information content (AvgIpc) is 3.29. The molecule has 0 aliphatic carbocycles. The fourth-order valence-corrected chi connectivity index (χ4v) is 4.87. The number of carbonyl (C=O) groups excluding carboxylic acids is 1. The highest BCUT2D eigenvalue weighted by Crippen LogP contribution is 2.40. The van der Waals surface area contributed by atoms with E-state index in [1.165, 1.54) is 35.4 Å². The molecule has 1 atom stereocenters. The maximum Gasteiger partial charge on any atom is 0.418 e. The summed E-state index contributed by atoms with van der Waals surface area (Å²) in [7, 11) is -3.35. The zero-order valence-corrected chi connectivity index (χ0v) is 17.6. The van der Waals surface area contributed by atoms with E-state index in [4.69, 9.17) is 0 Å². The first-order valence-corrected chi connectivity index (χ1v) is 11.6. The molecule has 170 valence electrons. The Morgan fingerprint density at radius 1 is 1.19 bits per heavy atom. The van der Waals surface area contributed by atoms with Crippen molar-refractivity contribution < 1.29 is 30.8 Å². The molecule has 1 saturated heterocycles. The highest BCUT2D eigenvalue weighted by molar-refractivity contribution is 7.91. The van der Waals surface area contributed by atoms with Crippen LogP contribution in [0.3, 0.4) is 0 Å². The topological polar surface area (TPSA) is 78.5 Å². The number of anilines is 3. The molecule has 4 rings (SSSR count). The number of nitrogens with one attached hydrogen (secondary N) is 2. The van der Waals surface area contributed by atoms with Crippen LogP contribution in [0.4, 0.5) is 34.6 Å². The van der Waals surface area contributed by atoms with Gasteiger partial charge in [0.25, 0.3) is 5.91 Å². The SMILES string of the molecule is CS(=O)(=O)C1CCN(c2ccc(NC=C3C(=O)Nc4cc(F)ccc43)cc2C(F)(F)F)C1. The summed E-state index contributed by atoms with van der Waals surface area (Å²) in [6.45, 7) is 0.192. The van der Waals surface area contributed by atoms with E-state index in [1.54, 1.807) is 0 Å². The molecule has 2 aromatic rings. The van der Waals surface area contributed by atoms with Crippen LogP contribution in [-0.4, -0.2) is 38.9 Å². The van der Waals surface area contributed by atoms with Crippen LogP contribution in [0.2, 0.25) is 0 Å². The third kappa shape index (κ3) is 4.29. The smallest absolute Gasteiger partial charge is 0.370 e. The quantitative estimate of drug-likeness (QED) is 0.525. The summed E-state index contributed by atoms with van der Waals surface area (Å²) in [6.07, 6.45) is -2.06. The Hall–Kier alpha value is -3.08. The third-order valence-electron chi connectivity index (χ3n) is 5.54. The first kappa shape index (κ1) is 22.1. The van der Waals surface area contributed by atoms with Gasteiger partial charge in [-0.25, -0.2) is 12.8 Å². The fraction of sp³-hybridized carbons (Fsp3) is 0.286. The Morgan fingerprint density at radius 2 is 1.94 bits per heavy atom. The van der Waals surface area contributed by atoms with Crippen molar-refractivity contribution >= 4 is 38.4 Å².